The van der Waals surface area contributed by atoms with Crippen molar-refractivity contribution in [3.63, 3.8) is 0 Å². The minimum atomic E-state index is -3.53. The van der Waals surface area contributed by atoms with Crippen LogP contribution in [0.1, 0.15) is 62.3 Å². The molecule has 0 unspecified atom stereocenters. The van der Waals surface area contributed by atoms with Gasteiger partial charge >= 0.3 is 0 Å². The van der Waals surface area contributed by atoms with Gasteiger partial charge in [0.2, 0.25) is 21.8 Å². The van der Waals surface area contributed by atoms with Gasteiger partial charge in [-0.3, -0.25) is 13.9 Å². The number of rotatable bonds is 12. The Bertz CT molecular complexity index is 1150. The predicted octanol–water partition coefficient (Wildman–Crippen LogP) is 4.49. The van der Waals surface area contributed by atoms with E-state index < -0.39 is 16.1 Å². The SMILES string of the molecule is CC[C@H](C)NC(=O)[C@@H](C)N(Cc1ccc(C)cc1)C(=O)CCCN(c1cc(C)ccc1C)S(C)(=O)=O. The Balaban J connectivity index is 2.20. The molecule has 2 aromatic carbocycles. The van der Waals surface area contributed by atoms with E-state index in [0.717, 1.165) is 28.7 Å². The van der Waals surface area contributed by atoms with E-state index in [0.29, 0.717) is 18.7 Å². The van der Waals surface area contributed by atoms with Gasteiger partial charge in [0.1, 0.15) is 6.04 Å². The van der Waals surface area contributed by atoms with E-state index in [2.05, 4.69) is 5.32 Å². The quantitative estimate of drug-likeness (QED) is 0.451. The lowest BCUT2D eigenvalue weighted by Gasteiger charge is -2.30. The molecular formula is C28H41N3O4S. The van der Waals surface area contributed by atoms with Crippen LogP contribution in [0.2, 0.25) is 0 Å². The second-order valence-electron chi connectivity index (χ2n) is 9.73. The van der Waals surface area contributed by atoms with E-state index in [-0.39, 0.29) is 30.8 Å². The zero-order valence-electron chi connectivity index (χ0n) is 22.7. The van der Waals surface area contributed by atoms with Gasteiger partial charge in [-0.1, -0.05) is 48.9 Å². The first-order valence-corrected chi connectivity index (χ1v) is 14.4. The minimum absolute atomic E-state index is 0.0113. The highest BCUT2D eigenvalue weighted by Gasteiger charge is 2.27. The first-order valence-electron chi connectivity index (χ1n) is 12.5. The monoisotopic (exact) mass is 515 g/mol. The van der Waals surface area contributed by atoms with Gasteiger partial charge in [0.25, 0.3) is 0 Å². The number of nitrogens with zero attached hydrogens (tertiary/aromatic N) is 2. The molecule has 1 N–H and O–H groups in total. The molecule has 2 atom stereocenters. The summed E-state index contributed by atoms with van der Waals surface area (Å²) in [5.74, 6) is -0.380. The zero-order valence-corrected chi connectivity index (χ0v) is 23.5. The number of carbonyl (C=O) groups is 2. The van der Waals surface area contributed by atoms with Crippen molar-refractivity contribution >= 4 is 27.5 Å². The highest BCUT2D eigenvalue weighted by atomic mass is 32.2. The summed E-state index contributed by atoms with van der Waals surface area (Å²) in [7, 11) is -3.53. The third-order valence-corrected chi connectivity index (χ3v) is 7.61. The highest BCUT2D eigenvalue weighted by molar-refractivity contribution is 7.92. The molecule has 7 nitrogen and oxygen atoms in total. The second-order valence-corrected chi connectivity index (χ2v) is 11.6. The van der Waals surface area contributed by atoms with Crippen LogP contribution < -0.4 is 9.62 Å². The minimum Gasteiger partial charge on any atom is -0.352 e. The molecule has 36 heavy (non-hydrogen) atoms. The summed E-state index contributed by atoms with van der Waals surface area (Å²) in [6.45, 7) is 11.9. The lowest BCUT2D eigenvalue weighted by molar-refractivity contribution is -0.140. The number of amides is 2. The summed E-state index contributed by atoms with van der Waals surface area (Å²) in [6.07, 6.45) is 2.44. The first-order chi connectivity index (χ1) is 16.8. The third-order valence-electron chi connectivity index (χ3n) is 6.43. The number of anilines is 1. The van der Waals surface area contributed by atoms with Crippen molar-refractivity contribution in [1.82, 2.24) is 10.2 Å². The molecule has 198 valence electrons. The Labute approximate surface area is 216 Å². The number of carbonyl (C=O) groups excluding carboxylic acids is 2. The molecule has 8 heteroatoms. The van der Waals surface area contributed by atoms with Crippen molar-refractivity contribution in [2.24, 2.45) is 0 Å². The number of hydrogen-bond donors (Lipinski definition) is 1. The molecule has 0 radical (unpaired) electrons. The molecule has 0 aliphatic rings. The Morgan fingerprint density at radius 3 is 2.17 bits per heavy atom. The molecule has 2 amide bonds. The van der Waals surface area contributed by atoms with E-state index in [1.165, 1.54) is 10.6 Å². The summed E-state index contributed by atoms with van der Waals surface area (Å²) in [6, 6.07) is 12.9. The van der Waals surface area contributed by atoms with Gasteiger partial charge in [0, 0.05) is 25.6 Å². The van der Waals surface area contributed by atoms with Gasteiger partial charge in [0.05, 0.1) is 11.9 Å². The summed E-state index contributed by atoms with van der Waals surface area (Å²) < 4.78 is 26.5. The summed E-state index contributed by atoms with van der Waals surface area (Å²) in [5, 5.41) is 2.97. The molecule has 0 spiro atoms. The van der Waals surface area contributed by atoms with Crippen LogP contribution in [0.25, 0.3) is 0 Å². The number of aryl methyl sites for hydroxylation is 3. The molecular weight excluding hydrogens is 474 g/mol. The van der Waals surface area contributed by atoms with Crippen LogP contribution in [0.15, 0.2) is 42.5 Å². The normalized spacial score (nSPS) is 13.1. The fourth-order valence-electron chi connectivity index (χ4n) is 3.91. The third kappa shape index (κ3) is 8.36. The maximum absolute atomic E-state index is 13.4. The standard InChI is InChI=1S/C28H41N3O4S/c1-8-23(5)29-28(33)24(6)30(19-25-15-12-20(2)13-16-25)27(32)10-9-17-31(36(7,34)35)26-18-21(3)11-14-22(26)4/h11-16,18,23-24H,8-10,17,19H2,1-7H3,(H,29,33)/t23-,24+/m0/s1. The summed E-state index contributed by atoms with van der Waals surface area (Å²) in [5.41, 5.74) is 4.50. The van der Waals surface area contributed by atoms with E-state index in [1.54, 1.807) is 11.8 Å². The average Bonchev–Trinajstić information content (AvgIpc) is 2.81. The summed E-state index contributed by atoms with van der Waals surface area (Å²) in [4.78, 5) is 27.8. The van der Waals surface area contributed by atoms with Gasteiger partial charge in [-0.15, -0.1) is 0 Å². The highest BCUT2D eigenvalue weighted by Crippen LogP contribution is 2.24. The van der Waals surface area contributed by atoms with Gasteiger partial charge in [-0.2, -0.15) is 0 Å². The van der Waals surface area contributed by atoms with E-state index in [4.69, 9.17) is 0 Å². The fourth-order valence-corrected chi connectivity index (χ4v) is 4.92. The lowest BCUT2D eigenvalue weighted by atomic mass is 10.1. The van der Waals surface area contributed by atoms with Gasteiger partial charge in [-0.25, -0.2) is 8.42 Å². The van der Waals surface area contributed by atoms with Gasteiger partial charge in [0.15, 0.2) is 0 Å². The van der Waals surface area contributed by atoms with E-state index in [9.17, 15) is 18.0 Å². The number of nitrogens with one attached hydrogen (secondary N) is 1. The molecule has 0 bridgehead atoms. The van der Waals surface area contributed by atoms with Crippen LogP contribution in [-0.4, -0.2) is 50.0 Å². The van der Waals surface area contributed by atoms with Crippen molar-refractivity contribution in [1.29, 1.82) is 0 Å². The van der Waals surface area contributed by atoms with Crippen LogP contribution in [0, 0.1) is 20.8 Å². The Hall–Kier alpha value is -2.87. The molecule has 0 heterocycles. The molecule has 0 saturated carbocycles. The van der Waals surface area contributed by atoms with Crippen LogP contribution in [0.3, 0.4) is 0 Å². The molecule has 0 aliphatic heterocycles. The fraction of sp³-hybridized carbons (Fsp3) is 0.500. The zero-order chi connectivity index (χ0) is 27.0. The molecule has 0 aromatic heterocycles. The van der Waals surface area contributed by atoms with Crippen LogP contribution in [0.4, 0.5) is 5.69 Å². The van der Waals surface area contributed by atoms with Gasteiger partial charge < -0.3 is 10.2 Å². The van der Waals surface area contributed by atoms with Crippen molar-refractivity contribution in [3.8, 4) is 0 Å². The van der Waals surface area contributed by atoms with Crippen molar-refractivity contribution < 1.29 is 18.0 Å². The number of sulfonamides is 1. The predicted molar refractivity (Wildman–Crippen MR) is 146 cm³/mol. The smallest absolute Gasteiger partial charge is 0.242 e. The lowest BCUT2D eigenvalue weighted by Crippen LogP contribution is -2.49. The van der Waals surface area contributed by atoms with Crippen LogP contribution >= 0.6 is 0 Å². The van der Waals surface area contributed by atoms with Gasteiger partial charge in [-0.05, 0) is 70.2 Å². The summed E-state index contributed by atoms with van der Waals surface area (Å²) >= 11 is 0. The van der Waals surface area contributed by atoms with Crippen LogP contribution in [-0.2, 0) is 26.2 Å². The Morgan fingerprint density at radius 2 is 1.58 bits per heavy atom. The number of benzene rings is 2. The first kappa shape index (κ1) is 29.4. The van der Waals surface area contributed by atoms with E-state index >= 15 is 0 Å². The number of hydrogen-bond acceptors (Lipinski definition) is 4. The topological polar surface area (TPSA) is 86.8 Å². The Kier molecular flexibility index (Phi) is 10.5. The van der Waals surface area contributed by atoms with Crippen molar-refractivity contribution in [3.05, 3.63) is 64.7 Å². The van der Waals surface area contributed by atoms with Crippen molar-refractivity contribution in [2.75, 3.05) is 17.1 Å². The molecule has 2 aromatic rings. The maximum atomic E-state index is 13.4. The average molecular weight is 516 g/mol. The largest absolute Gasteiger partial charge is 0.352 e. The molecule has 0 fully saturated rings. The second kappa shape index (κ2) is 12.9. The maximum Gasteiger partial charge on any atom is 0.242 e. The Morgan fingerprint density at radius 1 is 0.972 bits per heavy atom. The molecule has 0 aliphatic carbocycles. The molecule has 2 rings (SSSR count). The van der Waals surface area contributed by atoms with E-state index in [1.807, 2.05) is 77.1 Å². The molecule has 0 saturated heterocycles. The van der Waals surface area contributed by atoms with Crippen molar-refractivity contribution in [2.45, 2.75) is 79.4 Å². The van der Waals surface area contributed by atoms with Crippen LogP contribution in [0.5, 0.6) is 0 Å².